The fraction of sp³-hybridized carbons (Fsp3) is 0.300. The van der Waals surface area contributed by atoms with Crippen LogP contribution in [0.2, 0.25) is 0 Å². The van der Waals surface area contributed by atoms with Crippen LogP contribution in [0.4, 0.5) is 10.1 Å². The highest BCUT2D eigenvalue weighted by molar-refractivity contribution is 9.10. The first kappa shape index (κ1) is 12.6. The number of nitrogens with one attached hydrogen (secondary N) is 1. The largest absolute Gasteiger partial charge is 0.325 e. The fourth-order valence-electron chi connectivity index (χ4n) is 0.980. The molecule has 0 aliphatic heterocycles. The molecular formula is C10H10Br2FNO. The molecule has 1 aromatic rings. The Balaban J connectivity index is 2.73. The van der Waals surface area contributed by atoms with E-state index in [1.807, 2.05) is 6.92 Å². The molecule has 82 valence electrons. The molecule has 5 heteroatoms. The van der Waals surface area contributed by atoms with Gasteiger partial charge in [0.1, 0.15) is 5.82 Å². The SMILES string of the molecule is CCC(Br)C(=O)Nc1ccc(Br)c(F)c1. The first-order valence-electron chi connectivity index (χ1n) is 4.44. The minimum Gasteiger partial charge on any atom is -0.325 e. The van der Waals surface area contributed by atoms with Crippen LogP contribution < -0.4 is 5.32 Å². The van der Waals surface area contributed by atoms with Crippen molar-refractivity contribution in [3.63, 3.8) is 0 Å². The lowest BCUT2D eigenvalue weighted by Crippen LogP contribution is -2.21. The number of alkyl halides is 1. The van der Waals surface area contributed by atoms with Crippen molar-refractivity contribution in [1.82, 2.24) is 0 Å². The molecule has 0 saturated carbocycles. The highest BCUT2D eigenvalue weighted by atomic mass is 79.9. The first-order valence-corrected chi connectivity index (χ1v) is 6.15. The Morgan fingerprint density at radius 1 is 1.60 bits per heavy atom. The summed E-state index contributed by atoms with van der Waals surface area (Å²) in [6.07, 6.45) is 0.685. The number of hydrogen-bond donors (Lipinski definition) is 1. The van der Waals surface area contributed by atoms with Crippen LogP contribution in [-0.2, 0) is 4.79 Å². The third kappa shape index (κ3) is 3.57. The second-order valence-corrected chi connectivity index (χ2v) is 4.95. The smallest absolute Gasteiger partial charge is 0.238 e. The number of amides is 1. The molecule has 1 amide bonds. The number of rotatable bonds is 3. The van der Waals surface area contributed by atoms with Crippen LogP contribution >= 0.6 is 31.9 Å². The summed E-state index contributed by atoms with van der Waals surface area (Å²) in [5.74, 6) is -0.561. The van der Waals surface area contributed by atoms with Crippen LogP contribution in [0.15, 0.2) is 22.7 Å². The zero-order chi connectivity index (χ0) is 11.4. The van der Waals surface area contributed by atoms with Gasteiger partial charge in [0.25, 0.3) is 0 Å². The maximum absolute atomic E-state index is 13.1. The van der Waals surface area contributed by atoms with Gasteiger partial charge in [-0.15, -0.1) is 0 Å². The minimum absolute atomic E-state index is 0.167. The van der Waals surface area contributed by atoms with Crippen molar-refractivity contribution in [1.29, 1.82) is 0 Å². The van der Waals surface area contributed by atoms with Crippen molar-refractivity contribution in [2.45, 2.75) is 18.2 Å². The van der Waals surface area contributed by atoms with Crippen LogP contribution in [0, 0.1) is 5.82 Å². The Labute approximate surface area is 105 Å². The number of carbonyl (C=O) groups is 1. The molecule has 0 saturated heterocycles. The van der Waals surface area contributed by atoms with E-state index in [9.17, 15) is 9.18 Å². The predicted octanol–water partition coefficient (Wildman–Crippen LogP) is 3.70. The molecule has 15 heavy (non-hydrogen) atoms. The summed E-state index contributed by atoms with van der Waals surface area (Å²) in [6.45, 7) is 1.89. The van der Waals surface area contributed by atoms with Gasteiger partial charge in [-0.1, -0.05) is 22.9 Å². The van der Waals surface area contributed by atoms with Gasteiger partial charge in [0.05, 0.1) is 9.30 Å². The zero-order valence-electron chi connectivity index (χ0n) is 8.06. The van der Waals surface area contributed by atoms with Crippen LogP contribution in [0.25, 0.3) is 0 Å². The molecule has 0 aliphatic rings. The summed E-state index contributed by atoms with van der Waals surface area (Å²) < 4.78 is 13.5. The molecule has 1 aromatic carbocycles. The second kappa shape index (κ2) is 5.61. The summed E-state index contributed by atoms with van der Waals surface area (Å²) in [4.78, 5) is 11.2. The van der Waals surface area contributed by atoms with Gasteiger partial charge in [0.2, 0.25) is 5.91 Å². The van der Waals surface area contributed by atoms with E-state index in [0.717, 1.165) is 0 Å². The van der Waals surface area contributed by atoms with Gasteiger partial charge in [-0.25, -0.2) is 4.39 Å². The second-order valence-electron chi connectivity index (χ2n) is 2.99. The Kier molecular flexibility index (Phi) is 4.73. The lowest BCUT2D eigenvalue weighted by Gasteiger charge is -2.08. The highest BCUT2D eigenvalue weighted by Crippen LogP contribution is 2.20. The predicted molar refractivity (Wildman–Crippen MR) is 65.7 cm³/mol. The molecule has 1 unspecified atom stereocenters. The molecule has 0 aliphatic carbocycles. The van der Waals surface area contributed by atoms with Gasteiger partial charge in [0.15, 0.2) is 0 Å². The van der Waals surface area contributed by atoms with Crippen molar-refractivity contribution in [3.05, 3.63) is 28.5 Å². The maximum Gasteiger partial charge on any atom is 0.238 e. The molecule has 1 N–H and O–H groups in total. The monoisotopic (exact) mass is 337 g/mol. The van der Waals surface area contributed by atoms with Gasteiger partial charge in [-0.2, -0.15) is 0 Å². The van der Waals surface area contributed by atoms with Gasteiger partial charge < -0.3 is 5.32 Å². The average molecular weight is 339 g/mol. The van der Waals surface area contributed by atoms with E-state index in [4.69, 9.17) is 0 Å². The van der Waals surface area contributed by atoms with Crippen molar-refractivity contribution in [3.8, 4) is 0 Å². The van der Waals surface area contributed by atoms with Crippen LogP contribution in [0.1, 0.15) is 13.3 Å². The fourth-order valence-corrected chi connectivity index (χ4v) is 1.34. The molecule has 1 atom stereocenters. The van der Waals surface area contributed by atoms with Gasteiger partial charge in [-0.3, -0.25) is 4.79 Å². The quantitative estimate of drug-likeness (QED) is 0.836. The lowest BCUT2D eigenvalue weighted by molar-refractivity contribution is -0.115. The minimum atomic E-state index is -0.393. The molecule has 2 nitrogen and oxygen atoms in total. The third-order valence-corrected chi connectivity index (χ3v) is 3.54. The van der Waals surface area contributed by atoms with E-state index >= 15 is 0 Å². The highest BCUT2D eigenvalue weighted by Gasteiger charge is 2.12. The van der Waals surface area contributed by atoms with E-state index in [1.165, 1.54) is 6.07 Å². The molecule has 0 spiro atoms. The topological polar surface area (TPSA) is 29.1 Å². The molecule has 0 bridgehead atoms. The Bertz CT molecular complexity index is 370. The van der Waals surface area contributed by atoms with Gasteiger partial charge in [-0.05, 0) is 40.5 Å². The number of halogens is 3. The van der Waals surface area contributed by atoms with Gasteiger partial charge in [0, 0.05) is 5.69 Å². The van der Waals surface area contributed by atoms with E-state index < -0.39 is 5.82 Å². The first-order chi connectivity index (χ1) is 7.04. The van der Waals surface area contributed by atoms with Crippen molar-refractivity contribution in [2.24, 2.45) is 0 Å². The van der Waals surface area contributed by atoms with Crippen LogP contribution in [-0.4, -0.2) is 10.7 Å². The van der Waals surface area contributed by atoms with Gasteiger partial charge >= 0.3 is 0 Å². The summed E-state index contributed by atoms with van der Waals surface area (Å²) in [6, 6.07) is 4.47. The molecular weight excluding hydrogens is 329 g/mol. The normalized spacial score (nSPS) is 12.3. The summed E-state index contributed by atoms with van der Waals surface area (Å²) in [7, 11) is 0. The number of benzene rings is 1. The van der Waals surface area contributed by atoms with E-state index in [1.54, 1.807) is 12.1 Å². The van der Waals surface area contributed by atoms with E-state index in [-0.39, 0.29) is 10.7 Å². The van der Waals surface area contributed by atoms with Crippen molar-refractivity contribution in [2.75, 3.05) is 5.32 Å². The van der Waals surface area contributed by atoms with Crippen molar-refractivity contribution < 1.29 is 9.18 Å². The summed E-state index contributed by atoms with van der Waals surface area (Å²) >= 11 is 6.26. The van der Waals surface area contributed by atoms with Crippen LogP contribution in [0.3, 0.4) is 0 Å². The third-order valence-electron chi connectivity index (χ3n) is 1.83. The number of anilines is 1. The average Bonchev–Trinajstić information content (AvgIpc) is 2.22. The standard InChI is InChI=1S/C10H10Br2FNO/c1-2-7(11)10(15)14-6-3-4-8(12)9(13)5-6/h3-5,7H,2H2,1H3,(H,14,15). The van der Waals surface area contributed by atoms with Crippen LogP contribution in [0.5, 0.6) is 0 Å². The van der Waals surface area contributed by atoms with E-state index in [0.29, 0.717) is 16.6 Å². The number of hydrogen-bond acceptors (Lipinski definition) is 1. The summed E-state index contributed by atoms with van der Waals surface area (Å²) in [5, 5.41) is 2.61. The Morgan fingerprint density at radius 3 is 2.80 bits per heavy atom. The molecule has 0 heterocycles. The van der Waals surface area contributed by atoms with Crippen molar-refractivity contribution >= 4 is 43.5 Å². The molecule has 0 aromatic heterocycles. The number of carbonyl (C=O) groups excluding carboxylic acids is 1. The lowest BCUT2D eigenvalue weighted by atomic mass is 10.3. The molecule has 0 radical (unpaired) electrons. The Hall–Kier alpha value is -0.420. The summed E-state index contributed by atoms with van der Waals surface area (Å²) in [5.41, 5.74) is 0.457. The zero-order valence-corrected chi connectivity index (χ0v) is 11.2. The Morgan fingerprint density at radius 2 is 2.27 bits per heavy atom. The molecule has 1 rings (SSSR count). The maximum atomic E-state index is 13.1. The van der Waals surface area contributed by atoms with E-state index in [2.05, 4.69) is 37.2 Å². The molecule has 0 fully saturated rings.